The predicted molar refractivity (Wildman–Crippen MR) is 114 cm³/mol. The third-order valence-corrected chi connectivity index (χ3v) is 6.21. The van der Waals surface area contributed by atoms with E-state index in [2.05, 4.69) is 9.55 Å². The normalized spacial score (nSPS) is 16.8. The molecule has 156 valence electrons. The Morgan fingerprint density at radius 1 is 1.23 bits per heavy atom. The van der Waals surface area contributed by atoms with E-state index in [0.29, 0.717) is 34.1 Å². The molecule has 0 saturated carbocycles. The van der Waals surface area contributed by atoms with Gasteiger partial charge >= 0.3 is 5.69 Å². The molecule has 9 heteroatoms. The molecular formula is C21H22ClN5O3. The third kappa shape index (κ3) is 2.90. The van der Waals surface area contributed by atoms with Gasteiger partial charge in [-0.3, -0.25) is 18.3 Å². The number of rotatable bonds is 4. The molecule has 0 radical (unpaired) electrons. The van der Waals surface area contributed by atoms with Crippen LogP contribution < -0.4 is 11.2 Å². The van der Waals surface area contributed by atoms with Gasteiger partial charge in [-0.2, -0.15) is 4.98 Å². The first-order valence-corrected chi connectivity index (χ1v) is 10.4. The summed E-state index contributed by atoms with van der Waals surface area (Å²) in [5.74, 6) is 0.639. The lowest BCUT2D eigenvalue weighted by atomic mass is 10.2. The summed E-state index contributed by atoms with van der Waals surface area (Å²) < 4.78 is 12.2. The Morgan fingerprint density at radius 3 is 2.77 bits per heavy atom. The van der Waals surface area contributed by atoms with Crippen LogP contribution in [0.4, 0.5) is 0 Å². The standard InChI is InChI=1S/C21H22ClN5O3/c1-13-10-26-17-18(23-20(26)25(13)12-15-7-5-9-30-15)24(2)21(29)27(19(17)28)11-14-6-3-4-8-16(14)22/h3-4,6,8,10,15H,5,7,9,11-12H2,1-2H3/t15-/m0/s1. The molecule has 1 saturated heterocycles. The SMILES string of the molecule is Cc1cn2c3c(=O)n(Cc4ccccc4Cl)c(=O)n(C)c3nc2n1C[C@@H]1CCCO1. The Hall–Kier alpha value is -2.84. The van der Waals surface area contributed by atoms with Crippen LogP contribution in [0, 0.1) is 6.92 Å². The number of halogens is 1. The van der Waals surface area contributed by atoms with E-state index < -0.39 is 5.69 Å². The molecule has 1 aliphatic heterocycles. The molecule has 4 heterocycles. The van der Waals surface area contributed by atoms with E-state index >= 15 is 0 Å². The second kappa shape index (κ2) is 7.14. The average molecular weight is 428 g/mol. The molecule has 4 aromatic rings. The molecule has 3 aromatic heterocycles. The summed E-state index contributed by atoms with van der Waals surface area (Å²) in [6.45, 7) is 3.54. The van der Waals surface area contributed by atoms with Crippen LogP contribution in [0.15, 0.2) is 40.1 Å². The van der Waals surface area contributed by atoms with Gasteiger partial charge in [0.1, 0.15) is 0 Å². The predicted octanol–water partition coefficient (Wildman–Crippen LogP) is 2.34. The number of benzene rings is 1. The molecule has 8 nitrogen and oxygen atoms in total. The molecule has 30 heavy (non-hydrogen) atoms. The molecule has 0 N–H and O–H groups in total. The lowest BCUT2D eigenvalue weighted by molar-refractivity contribution is 0.0974. The van der Waals surface area contributed by atoms with Gasteiger partial charge in [0, 0.05) is 30.6 Å². The van der Waals surface area contributed by atoms with Crippen LogP contribution in [0.1, 0.15) is 24.1 Å². The zero-order valence-corrected chi connectivity index (χ0v) is 17.6. The maximum Gasteiger partial charge on any atom is 0.332 e. The first-order chi connectivity index (χ1) is 14.5. The van der Waals surface area contributed by atoms with Crippen molar-refractivity contribution in [3.63, 3.8) is 0 Å². The summed E-state index contributed by atoms with van der Waals surface area (Å²) in [7, 11) is 1.64. The van der Waals surface area contributed by atoms with Gasteiger partial charge in [0.2, 0.25) is 5.78 Å². The number of hydrogen-bond donors (Lipinski definition) is 0. The fourth-order valence-corrected chi connectivity index (χ4v) is 4.40. The van der Waals surface area contributed by atoms with Gasteiger partial charge in [-0.05, 0) is 31.4 Å². The summed E-state index contributed by atoms with van der Waals surface area (Å²) in [5.41, 5.74) is 1.65. The highest BCUT2D eigenvalue weighted by atomic mass is 35.5. The van der Waals surface area contributed by atoms with Crippen molar-refractivity contribution < 1.29 is 4.74 Å². The maximum atomic E-state index is 13.4. The second-order valence-electron chi connectivity index (χ2n) is 7.79. The molecule has 1 aliphatic rings. The van der Waals surface area contributed by atoms with Gasteiger partial charge in [-0.25, -0.2) is 4.79 Å². The molecule has 1 atom stereocenters. The van der Waals surface area contributed by atoms with Crippen molar-refractivity contribution >= 4 is 28.5 Å². The van der Waals surface area contributed by atoms with E-state index in [-0.39, 0.29) is 18.2 Å². The topological polar surface area (TPSA) is 75.5 Å². The van der Waals surface area contributed by atoms with Crippen molar-refractivity contribution in [3.8, 4) is 0 Å². The zero-order valence-electron chi connectivity index (χ0n) is 16.8. The lowest BCUT2D eigenvalue weighted by Crippen LogP contribution is -2.39. The number of aromatic nitrogens is 5. The van der Waals surface area contributed by atoms with Crippen LogP contribution in [-0.4, -0.2) is 35.8 Å². The number of hydrogen-bond acceptors (Lipinski definition) is 4. The highest BCUT2D eigenvalue weighted by Gasteiger charge is 2.23. The average Bonchev–Trinajstić information content (AvgIpc) is 3.43. The van der Waals surface area contributed by atoms with E-state index in [0.717, 1.165) is 25.1 Å². The molecule has 0 amide bonds. The fourth-order valence-electron chi connectivity index (χ4n) is 4.21. The smallest absolute Gasteiger partial charge is 0.332 e. The summed E-state index contributed by atoms with van der Waals surface area (Å²) in [6.07, 6.45) is 4.10. The van der Waals surface area contributed by atoms with E-state index in [9.17, 15) is 9.59 Å². The Bertz CT molecular complexity index is 1390. The third-order valence-electron chi connectivity index (χ3n) is 5.84. The number of imidazole rings is 2. The highest BCUT2D eigenvalue weighted by Crippen LogP contribution is 2.21. The van der Waals surface area contributed by atoms with Crippen LogP contribution in [-0.2, 0) is 24.9 Å². The molecule has 0 unspecified atom stereocenters. The van der Waals surface area contributed by atoms with E-state index in [1.54, 1.807) is 17.5 Å². The molecular weight excluding hydrogens is 406 g/mol. The summed E-state index contributed by atoms with van der Waals surface area (Å²) in [5, 5.41) is 0.517. The van der Waals surface area contributed by atoms with Crippen LogP contribution in [0.25, 0.3) is 16.9 Å². The molecule has 1 fully saturated rings. The highest BCUT2D eigenvalue weighted by molar-refractivity contribution is 6.31. The van der Waals surface area contributed by atoms with Gasteiger partial charge in [0.05, 0.1) is 19.2 Å². The summed E-state index contributed by atoms with van der Waals surface area (Å²) in [6, 6.07) is 7.21. The van der Waals surface area contributed by atoms with Crippen molar-refractivity contribution in [2.75, 3.05) is 6.61 Å². The minimum Gasteiger partial charge on any atom is -0.376 e. The minimum atomic E-state index is -0.421. The van der Waals surface area contributed by atoms with Crippen molar-refractivity contribution in [1.82, 2.24) is 23.1 Å². The first kappa shape index (κ1) is 19.1. The fraction of sp³-hybridized carbons (Fsp3) is 0.381. The molecule has 0 bridgehead atoms. The van der Waals surface area contributed by atoms with Gasteiger partial charge in [0.25, 0.3) is 5.56 Å². The zero-order chi connectivity index (χ0) is 21.0. The Labute approximate surface area is 176 Å². The maximum absolute atomic E-state index is 13.4. The van der Waals surface area contributed by atoms with E-state index in [4.69, 9.17) is 16.3 Å². The number of ether oxygens (including phenoxy) is 1. The number of aryl methyl sites for hydroxylation is 2. The van der Waals surface area contributed by atoms with Crippen LogP contribution in [0.5, 0.6) is 0 Å². The van der Waals surface area contributed by atoms with Crippen molar-refractivity contribution in [3.05, 3.63) is 67.6 Å². The van der Waals surface area contributed by atoms with Crippen LogP contribution >= 0.6 is 11.6 Å². The van der Waals surface area contributed by atoms with Gasteiger partial charge in [0.15, 0.2) is 11.2 Å². The van der Waals surface area contributed by atoms with Crippen molar-refractivity contribution in [1.29, 1.82) is 0 Å². The number of nitrogens with zero attached hydrogens (tertiary/aromatic N) is 5. The molecule has 1 aromatic carbocycles. The number of fused-ring (bicyclic) bond motifs is 3. The summed E-state index contributed by atoms with van der Waals surface area (Å²) >= 11 is 6.26. The Morgan fingerprint density at radius 2 is 2.03 bits per heavy atom. The molecule has 0 aliphatic carbocycles. The van der Waals surface area contributed by atoms with Crippen LogP contribution in [0.2, 0.25) is 5.02 Å². The second-order valence-corrected chi connectivity index (χ2v) is 8.20. The van der Waals surface area contributed by atoms with Crippen LogP contribution in [0.3, 0.4) is 0 Å². The van der Waals surface area contributed by atoms with E-state index in [1.807, 2.05) is 31.3 Å². The van der Waals surface area contributed by atoms with E-state index in [1.165, 1.54) is 9.13 Å². The Balaban J connectivity index is 1.71. The minimum absolute atomic E-state index is 0.101. The Kier molecular flexibility index (Phi) is 4.56. The largest absolute Gasteiger partial charge is 0.376 e. The molecule has 5 rings (SSSR count). The first-order valence-electron chi connectivity index (χ1n) is 9.98. The van der Waals surface area contributed by atoms with Gasteiger partial charge < -0.3 is 9.30 Å². The monoisotopic (exact) mass is 427 g/mol. The van der Waals surface area contributed by atoms with Gasteiger partial charge in [-0.15, -0.1) is 0 Å². The summed E-state index contributed by atoms with van der Waals surface area (Å²) in [4.78, 5) is 31.0. The molecule has 0 spiro atoms. The van der Waals surface area contributed by atoms with Gasteiger partial charge in [-0.1, -0.05) is 29.8 Å². The quantitative estimate of drug-likeness (QED) is 0.501. The lowest BCUT2D eigenvalue weighted by Gasteiger charge is -2.11. The van der Waals surface area contributed by atoms with Crippen molar-refractivity contribution in [2.45, 2.75) is 39.0 Å². The van der Waals surface area contributed by atoms with Crippen molar-refractivity contribution in [2.24, 2.45) is 7.05 Å².